The minimum atomic E-state index is -0.316. The zero-order valence-electron chi connectivity index (χ0n) is 11.5. The summed E-state index contributed by atoms with van der Waals surface area (Å²) in [6, 6.07) is 15.5. The number of hydrogen-bond acceptors (Lipinski definition) is 2. The summed E-state index contributed by atoms with van der Waals surface area (Å²) in [5.74, 6) is -0.316. The number of carbonyl (C=O) groups excluding carboxylic acids is 1. The fraction of sp³-hybridized carbons (Fsp3) is 0.0588. The van der Waals surface area contributed by atoms with Crippen molar-refractivity contribution < 1.29 is 9.53 Å². The van der Waals surface area contributed by atoms with Crippen LogP contribution in [0.2, 0.25) is 0 Å². The maximum absolute atomic E-state index is 11.4. The van der Waals surface area contributed by atoms with E-state index in [0.29, 0.717) is 5.56 Å². The molecule has 0 fully saturated rings. The lowest BCUT2D eigenvalue weighted by molar-refractivity contribution is 0.0600. The molecule has 0 aliphatic heterocycles. The Hall–Kier alpha value is -2.26. The predicted octanol–water partition coefficient (Wildman–Crippen LogP) is 3.98. The fourth-order valence-electron chi connectivity index (χ4n) is 2.23. The van der Waals surface area contributed by atoms with E-state index in [1.165, 1.54) is 12.5 Å². The molecule has 3 nitrogen and oxygen atoms in total. The monoisotopic (exact) mass is 300 g/mol. The predicted molar refractivity (Wildman–Crippen MR) is 85.8 cm³/mol. The number of methoxy groups -OCH3 is 1. The Morgan fingerprint density at radius 3 is 2.52 bits per heavy atom. The van der Waals surface area contributed by atoms with E-state index in [4.69, 9.17) is 0 Å². The first-order valence-electron chi connectivity index (χ1n) is 6.37. The number of H-pyrrole nitrogens is 1. The van der Waals surface area contributed by atoms with Crippen molar-refractivity contribution >= 4 is 29.3 Å². The van der Waals surface area contributed by atoms with Crippen LogP contribution >= 0.6 is 12.4 Å². The number of rotatable bonds is 3. The molecule has 1 radical (unpaired) electrons. The Kier molecular flexibility index (Phi) is 4.66. The maximum atomic E-state index is 11.4. The van der Waals surface area contributed by atoms with Gasteiger partial charge in [0.15, 0.2) is 0 Å². The van der Waals surface area contributed by atoms with Crippen LogP contribution in [0.4, 0.5) is 0 Å². The lowest BCUT2D eigenvalue weighted by atomic mass is 10.0. The van der Waals surface area contributed by atoms with Crippen molar-refractivity contribution in [2.24, 2.45) is 0 Å². The van der Waals surface area contributed by atoms with Crippen LogP contribution in [0.25, 0.3) is 10.9 Å². The van der Waals surface area contributed by atoms with Gasteiger partial charge in [-0.3, -0.25) is 0 Å². The summed E-state index contributed by atoms with van der Waals surface area (Å²) in [7, 11) is 1.38. The number of aromatic nitrogens is 1. The molecule has 0 amide bonds. The second kappa shape index (κ2) is 6.46. The number of carbonyl (C=O) groups is 1. The molecule has 1 heterocycles. The van der Waals surface area contributed by atoms with E-state index >= 15 is 0 Å². The topological polar surface area (TPSA) is 42.1 Å². The second-order valence-corrected chi connectivity index (χ2v) is 4.55. The molecule has 21 heavy (non-hydrogen) atoms. The molecule has 0 unspecified atom stereocenters. The summed E-state index contributed by atoms with van der Waals surface area (Å²) in [5.41, 5.74) is 3.85. The molecule has 107 valence electrons. The maximum Gasteiger partial charge on any atom is 0.337 e. The van der Waals surface area contributed by atoms with Gasteiger partial charge in [0.05, 0.1) is 12.7 Å². The molecular weight excluding hydrogens is 286 g/mol. The van der Waals surface area contributed by atoms with E-state index in [1.54, 1.807) is 12.1 Å². The van der Waals surface area contributed by atoms with Crippen LogP contribution in [-0.4, -0.2) is 18.1 Å². The molecule has 0 bridgehead atoms. The summed E-state index contributed by atoms with van der Waals surface area (Å²) < 4.78 is 4.69. The summed E-state index contributed by atoms with van der Waals surface area (Å²) in [4.78, 5) is 14.6. The molecule has 0 spiro atoms. The molecule has 3 aromatic rings. The number of ether oxygens (including phenoxy) is 1. The highest BCUT2D eigenvalue weighted by Gasteiger charge is 2.07. The molecular formula is C17H15ClNO2. The fourth-order valence-corrected chi connectivity index (χ4v) is 2.23. The normalized spacial score (nSPS) is 10.1. The number of fused-ring (bicyclic) bond motifs is 1. The van der Waals surface area contributed by atoms with Gasteiger partial charge in [-0.25, -0.2) is 4.79 Å². The first kappa shape index (κ1) is 15.1. The highest BCUT2D eigenvalue weighted by Crippen LogP contribution is 2.22. The molecule has 0 aliphatic rings. The van der Waals surface area contributed by atoms with Gasteiger partial charge in [-0.15, -0.1) is 12.4 Å². The lowest BCUT2D eigenvalue weighted by Crippen LogP contribution is -2.00. The number of nitrogens with one attached hydrogen (secondary N) is 1. The number of benzene rings is 2. The van der Waals surface area contributed by atoms with Crippen molar-refractivity contribution in [2.45, 2.75) is 0 Å². The van der Waals surface area contributed by atoms with Crippen LogP contribution < -0.4 is 0 Å². The number of aromatic amines is 1. The molecule has 0 aliphatic carbocycles. The number of halogens is 1. The number of para-hydroxylation sites is 1. The van der Waals surface area contributed by atoms with Gasteiger partial charge in [-0.2, -0.15) is 0 Å². The largest absolute Gasteiger partial charge is 0.465 e. The van der Waals surface area contributed by atoms with Gasteiger partial charge < -0.3 is 9.72 Å². The van der Waals surface area contributed by atoms with E-state index in [9.17, 15) is 4.79 Å². The molecule has 4 heteroatoms. The van der Waals surface area contributed by atoms with Gasteiger partial charge in [0.1, 0.15) is 0 Å². The van der Waals surface area contributed by atoms with Crippen molar-refractivity contribution in [1.82, 2.24) is 4.98 Å². The van der Waals surface area contributed by atoms with Gasteiger partial charge >= 0.3 is 5.97 Å². The number of esters is 1. The molecule has 1 aromatic heterocycles. The Labute approximate surface area is 129 Å². The third-order valence-corrected chi connectivity index (χ3v) is 3.28. The highest BCUT2D eigenvalue weighted by molar-refractivity contribution is 5.89. The average Bonchev–Trinajstić information content (AvgIpc) is 2.91. The van der Waals surface area contributed by atoms with E-state index in [1.807, 2.05) is 36.5 Å². The zero-order chi connectivity index (χ0) is 13.9. The highest BCUT2D eigenvalue weighted by atomic mass is 35.5. The Bertz CT molecular complexity index is 747. The van der Waals surface area contributed by atoms with Gasteiger partial charge in [0.2, 0.25) is 0 Å². The van der Waals surface area contributed by atoms with E-state index < -0.39 is 0 Å². The lowest BCUT2D eigenvalue weighted by Gasteiger charge is -2.02. The van der Waals surface area contributed by atoms with Crippen LogP contribution in [0.15, 0.2) is 54.7 Å². The van der Waals surface area contributed by atoms with E-state index in [2.05, 4.69) is 22.2 Å². The van der Waals surface area contributed by atoms with Crippen LogP contribution in [0.1, 0.15) is 21.5 Å². The minimum absolute atomic E-state index is 0. The zero-order valence-corrected chi connectivity index (χ0v) is 12.3. The molecule has 0 atom stereocenters. The van der Waals surface area contributed by atoms with Crippen LogP contribution in [0.3, 0.4) is 0 Å². The van der Waals surface area contributed by atoms with Crippen LogP contribution in [0, 0.1) is 6.42 Å². The Balaban J connectivity index is 0.00000161. The van der Waals surface area contributed by atoms with Gasteiger partial charge in [-0.1, -0.05) is 30.3 Å². The summed E-state index contributed by atoms with van der Waals surface area (Å²) in [6.07, 6.45) is 4.07. The Morgan fingerprint density at radius 1 is 1.10 bits per heavy atom. The third-order valence-electron chi connectivity index (χ3n) is 3.28. The quantitative estimate of drug-likeness (QED) is 0.744. The molecule has 0 saturated carbocycles. The third kappa shape index (κ3) is 3.09. The van der Waals surface area contributed by atoms with Crippen molar-refractivity contribution in [3.05, 3.63) is 77.8 Å². The van der Waals surface area contributed by atoms with Crippen molar-refractivity contribution in [3.63, 3.8) is 0 Å². The second-order valence-electron chi connectivity index (χ2n) is 4.55. The van der Waals surface area contributed by atoms with Crippen LogP contribution in [0.5, 0.6) is 0 Å². The molecule has 0 saturated heterocycles. The first-order valence-corrected chi connectivity index (χ1v) is 6.37. The standard InChI is InChI=1S/C17H14NO2.ClH/c1-20-17(19)13-8-6-12(7-9-13)10-14-11-18-16-5-3-2-4-15(14)16;/h2-11,18H,1H3;1H. The average molecular weight is 301 g/mol. The molecule has 3 rings (SSSR count). The van der Waals surface area contributed by atoms with Gasteiger partial charge in [-0.05, 0) is 29.3 Å². The number of hydrogen-bond donors (Lipinski definition) is 1. The van der Waals surface area contributed by atoms with Gasteiger partial charge in [0, 0.05) is 23.5 Å². The van der Waals surface area contributed by atoms with E-state index in [-0.39, 0.29) is 18.4 Å². The molecule has 2 aromatic carbocycles. The smallest absolute Gasteiger partial charge is 0.337 e. The SMILES string of the molecule is COC(=O)c1ccc([CH]c2c[nH]c3ccccc23)cc1.Cl. The van der Waals surface area contributed by atoms with Crippen molar-refractivity contribution in [2.75, 3.05) is 7.11 Å². The van der Waals surface area contributed by atoms with Gasteiger partial charge in [0.25, 0.3) is 0 Å². The van der Waals surface area contributed by atoms with Crippen molar-refractivity contribution in [1.29, 1.82) is 0 Å². The van der Waals surface area contributed by atoms with Crippen molar-refractivity contribution in [3.8, 4) is 0 Å². The van der Waals surface area contributed by atoms with E-state index in [0.717, 1.165) is 16.6 Å². The summed E-state index contributed by atoms with van der Waals surface area (Å²) in [6.45, 7) is 0. The Morgan fingerprint density at radius 2 is 1.81 bits per heavy atom. The minimum Gasteiger partial charge on any atom is -0.465 e. The molecule has 1 N–H and O–H groups in total. The summed E-state index contributed by atoms with van der Waals surface area (Å²) in [5, 5.41) is 1.18. The van der Waals surface area contributed by atoms with Crippen LogP contribution in [-0.2, 0) is 4.74 Å². The summed E-state index contributed by atoms with van der Waals surface area (Å²) >= 11 is 0. The first-order chi connectivity index (χ1) is 9.78.